The predicted molar refractivity (Wildman–Crippen MR) is 119 cm³/mol. The average Bonchev–Trinajstić information content (AvgIpc) is 3.15. The van der Waals surface area contributed by atoms with Crippen molar-refractivity contribution in [3.05, 3.63) is 76.5 Å². The van der Waals surface area contributed by atoms with Crippen LogP contribution in [0.4, 0.5) is 0 Å². The fourth-order valence-electron chi connectivity index (χ4n) is 3.84. The van der Waals surface area contributed by atoms with Gasteiger partial charge in [0.25, 0.3) is 5.56 Å². The average molecular weight is 402 g/mol. The summed E-state index contributed by atoms with van der Waals surface area (Å²) in [7, 11) is 0. The maximum Gasteiger partial charge on any atom is 0.258 e. The molecule has 6 heteroatoms. The van der Waals surface area contributed by atoms with Crippen LogP contribution in [0, 0.1) is 0 Å². The van der Waals surface area contributed by atoms with Crippen LogP contribution in [0.2, 0.25) is 0 Å². The van der Waals surface area contributed by atoms with Gasteiger partial charge in [0.1, 0.15) is 5.82 Å². The molecule has 4 rings (SSSR count). The third-order valence-corrected chi connectivity index (χ3v) is 5.44. The Bertz CT molecular complexity index is 1240. The van der Waals surface area contributed by atoms with Crippen LogP contribution in [-0.2, 0) is 17.8 Å². The molecule has 4 aromatic rings. The van der Waals surface area contributed by atoms with E-state index in [0.29, 0.717) is 29.7 Å². The van der Waals surface area contributed by atoms with Crippen LogP contribution in [0.25, 0.3) is 21.8 Å². The maximum atomic E-state index is 12.9. The van der Waals surface area contributed by atoms with Gasteiger partial charge in [-0.3, -0.25) is 9.59 Å². The lowest BCUT2D eigenvalue weighted by molar-refractivity contribution is -0.133. The van der Waals surface area contributed by atoms with E-state index in [0.717, 1.165) is 18.4 Å². The third-order valence-electron chi connectivity index (χ3n) is 5.44. The molecule has 0 saturated heterocycles. The number of carbonyl (C=O) groups is 1. The highest BCUT2D eigenvalue weighted by Crippen LogP contribution is 2.20. The van der Waals surface area contributed by atoms with Gasteiger partial charge in [-0.05, 0) is 50.5 Å². The Morgan fingerprint density at radius 1 is 1.07 bits per heavy atom. The standard InChI is InChI=1S/C24H26N4O2/c1-16(2)28(15-22-26-21-12-6-4-10-19(21)24(30)27-22)23(29)13-7-8-17-14-25-20-11-5-3-9-18(17)20/h3-6,9-12,14,16,25H,7-8,13,15H2,1-2H3,(H,26,27,30). The van der Waals surface area contributed by atoms with E-state index in [1.165, 1.54) is 10.9 Å². The maximum absolute atomic E-state index is 12.9. The summed E-state index contributed by atoms with van der Waals surface area (Å²) in [6.45, 7) is 4.26. The summed E-state index contributed by atoms with van der Waals surface area (Å²) in [5.74, 6) is 0.582. The molecule has 0 fully saturated rings. The number of nitrogens with zero attached hydrogens (tertiary/aromatic N) is 2. The molecule has 1 amide bonds. The normalized spacial score (nSPS) is 11.4. The van der Waals surface area contributed by atoms with Crippen molar-refractivity contribution in [2.75, 3.05) is 0 Å². The van der Waals surface area contributed by atoms with Gasteiger partial charge in [-0.15, -0.1) is 0 Å². The molecule has 0 saturated carbocycles. The zero-order valence-corrected chi connectivity index (χ0v) is 17.3. The van der Waals surface area contributed by atoms with Gasteiger partial charge in [0.2, 0.25) is 5.91 Å². The minimum atomic E-state index is -0.175. The number of fused-ring (bicyclic) bond motifs is 2. The van der Waals surface area contributed by atoms with E-state index in [1.807, 2.05) is 50.4 Å². The number of carbonyl (C=O) groups excluding carboxylic acids is 1. The molecular weight excluding hydrogens is 376 g/mol. The summed E-state index contributed by atoms with van der Waals surface area (Å²) in [6.07, 6.45) is 4.09. The Hall–Kier alpha value is -3.41. The van der Waals surface area contributed by atoms with Crippen LogP contribution >= 0.6 is 0 Å². The van der Waals surface area contributed by atoms with E-state index in [4.69, 9.17) is 0 Å². The van der Waals surface area contributed by atoms with Gasteiger partial charge in [-0.2, -0.15) is 0 Å². The second-order valence-electron chi connectivity index (χ2n) is 7.86. The molecule has 2 N–H and O–H groups in total. The van der Waals surface area contributed by atoms with Crippen molar-refractivity contribution < 1.29 is 4.79 Å². The number of benzene rings is 2. The zero-order chi connectivity index (χ0) is 21.1. The molecule has 0 aliphatic carbocycles. The Morgan fingerprint density at radius 3 is 2.60 bits per heavy atom. The van der Waals surface area contributed by atoms with Crippen molar-refractivity contribution in [1.29, 1.82) is 0 Å². The lowest BCUT2D eigenvalue weighted by Gasteiger charge is -2.26. The van der Waals surface area contributed by atoms with E-state index in [1.54, 1.807) is 11.0 Å². The van der Waals surface area contributed by atoms with Gasteiger partial charge >= 0.3 is 0 Å². The summed E-state index contributed by atoms with van der Waals surface area (Å²) in [5, 5.41) is 1.77. The first-order valence-electron chi connectivity index (χ1n) is 10.4. The van der Waals surface area contributed by atoms with Crippen LogP contribution in [0.5, 0.6) is 0 Å². The van der Waals surface area contributed by atoms with E-state index < -0.39 is 0 Å². The van der Waals surface area contributed by atoms with E-state index in [-0.39, 0.29) is 17.5 Å². The van der Waals surface area contributed by atoms with E-state index >= 15 is 0 Å². The van der Waals surface area contributed by atoms with Crippen LogP contribution in [0.1, 0.15) is 38.1 Å². The molecule has 6 nitrogen and oxygen atoms in total. The second-order valence-corrected chi connectivity index (χ2v) is 7.86. The van der Waals surface area contributed by atoms with Crippen molar-refractivity contribution in [2.24, 2.45) is 0 Å². The first kappa shape index (κ1) is 19.9. The first-order valence-corrected chi connectivity index (χ1v) is 10.4. The lowest BCUT2D eigenvalue weighted by Crippen LogP contribution is -2.37. The number of hydrogen-bond acceptors (Lipinski definition) is 3. The summed E-state index contributed by atoms with van der Waals surface area (Å²) in [5.41, 5.74) is 2.82. The number of hydrogen-bond donors (Lipinski definition) is 2. The van der Waals surface area contributed by atoms with Crippen LogP contribution in [0.3, 0.4) is 0 Å². The molecule has 30 heavy (non-hydrogen) atoms. The molecule has 0 bridgehead atoms. The number of amides is 1. The Kier molecular flexibility index (Phi) is 5.65. The van der Waals surface area contributed by atoms with Gasteiger partial charge in [-0.25, -0.2) is 4.98 Å². The Morgan fingerprint density at radius 2 is 1.80 bits per heavy atom. The summed E-state index contributed by atoms with van der Waals surface area (Å²) in [6, 6.07) is 15.5. The van der Waals surface area contributed by atoms with Crippen LogP contribution in [-0.4, -0.2) is 31.8 Å². The lowest BCUT2D eigenvalue weighted by atomic mass is 10.1. The number of aromatic nitrogens is 3. The smallest absolute Gasteiger partial charge is 0.258 e. The monoisotopic (exact) mass is 402 g/mol. The van der Waals surface area contributed by atoms with E-state index in [9.17, 15) is 9.59 Å². The number of para-hydroxylation sites is 2. The van der Waals surface area contributed by atoms with Crippen LogP contribution in [0.15, 0.2) is 59.5 Å². The molecule has 2 heterocycles. The van der Waals surface area contributed by atoms with E-state index in [2.05, 4.69) is 27.1 Å². The Labute approximate surface area is 175 Å². The highest BCUT2D eigenvalue weighted by molar-refractivity contribution is 5.83. The number of rotatable bonds is 7. The van der Waals surface area contributed by atoms with Gasteiger partial charge in [-0.1, -0.05) is 30.3 Å². The van der Waals surface area contributed by atoms with Gasteiger partial charge in [0.05, 0.1) is 17.4 Å². The number of aryl methyl sites for hydroxylation is 1. The number of H-pyrrole nitrogens is 2. The van der Waals surface area contributed by atoms with Crippen molar-refractivity contribution in [1.82, 2.24) is 19.9 Å². The Balaban J connectivity index is 1.43. The third kappa shape index (κ3) is 4.13. The number of aromatic amines is 2. The molecule has 0 aliphatic heterocycles. The molecule has 2 aromatic heterocycles. The van der Waals surface area contributed by atoms with Crippen molar-refractivity contribution in [3.63, 3.8) is 0 Å². The quantitative estimate of drug-likeness (QED) is 0.487. The summed E-state index contributed by atoms with van der Waals surface area (Å²) >= 11 is 0. The first-order chi connectivity index (χ1) is 14.5. The SMILES string of the molecule is CC(C)N(Cc1nc2ccccc2c(=O)[nH]1)C(=O)CCCc1c[nH]c2ccccc12. The molecule has 154 valence electrons. The molecule has 0 spiro atoms. The molecule has 2 aromatic carbocycles. The molecule has 0 radical (unpaired) electrons. The van der Waals surface area contributed by atoms with Gasteiger partial charge < -0.3 is 14.9 Å². The molecule has 0 unspecified atom stereocenters. The second kappa shape index (κ2) is 8.53. The molecule has 0 aliphatic rings. The highest BCUT2D eigenvalue weighted by atomic mass is 16.2. The fraction of sp³-hybridized carbons (Fsp3) is 0.292. The van der Waals surface area contributed by atoms with Crippen molar-refractivity contribution in [3.8, 4) is 0 Å². The minimum absolute atomic E-state index is 0.0161. The van der Waals surface area contributed by atoms with Gasteiger partial charge in [0, 0.05) is 29.6 Å². The highest BCUT2D eigenvalue weighted by Gasteiger charge is 2.19. The zero-order valence-electron chi connectivity index (χ0n) is 17.3. The predicted octanol–water partition coefficient (Wildman–Crippen LogP) is 4.16. The van der Waals surface area contributed by atoms with Crippen LogP contribution < -0.4 is 5.56 Å². The minimum Gasteiger partial charge on any atom is -0.361 e. The van der Waals surface area contributed by atoms with Gasteiger partial charge in [0.15, 0.2) is 0 Å². The van der Waals surface area contributed by atoms with Crippen molar-refractivity contribution >= 4 is 27.7 Å². The number of nitrogens with one attached hydrogen (secondary N) is 2. The summed E-state index contributed by atoms with van der Waals surface area (Å²) < 4.78 is 0. The molecular formula is C24H26N4O2. The fourth-order valence-corrected chi connectivity index (χ4v) is 3.84. The topological polar surface area (TPSA) is 81.8 Å². The summed E-state index contributed by atoms with van der Waals surface area (Å²) in [4.78, 5) is 37.7. The molecule has 0 atom stereocenters. The largest absolute Gasteiger partial charge is 0.361 e. The van der Waals surface area contributed by atoms with Crippen molar-refractivity contribution in [2.45, 2.75) is 45.7 Å².